The lowest BCUT2D eigenvalue weighted by Crippen LogP contribution is -2.50. The first-order valence-electron chi connectivity index (χ1n) is 8.49. The molecule has 1 aliphatic heterocycles. The molecule has 1 aliphatic rings. The highest BCUT2D eigenvalue weighted by Gasteiger charge is 2.22. The van der Waals surface area contributed by atoms with Crippen LogP contribution in [0.15, 0.2) is 48.5 Å². The lowest BCUT2D eigenvalue weighted by molar-refractivity contribution is 0.101. The Morgan fingerprint density at radius 1 is 1.00 bits per heavy atom. The van der Waals surface area contributed by atoms with Crippen LogP contribution in [0.2, 0.25) is 0 Å². The second-order valence-corrected chi connectivity index (χ2v) is 6.16. The summed E-state index contributed by atoms with van der Waals surface area (Å²) in [6.07, 6.45) is 0. The zero-order chi connectivity index (χ0) is 18.5. The Morgan fingerprint density at radius 3 is 2.27 bits per heavy atom. The van der Waals surface area contributed by atoms with Crippen LogP contribution < -0.4 is 10.2 Å². The Bertz CT molecular complexity index is 847. The number of ketones is 1. The van der Waals surface area contributed by atoms with Crippen molar-refractivity contribution in [2.75, 3.05) is 36.4 Å². The largest absolute Gasteiger partial charge is 0.368 e. The van der Waals surface area contributed by atoms with E-state index in [4.69, 9.17) is 5.26 Å². The van der Waals surface area contributed by atoms with Gasteiger partial charge in [0.2, 0.25) is 0 Å². The first kappa shape index (κ1) is 17.5. The molecule has 1 saturated heterocycles. The van der Waals surface area contributed by atoms with Gasteiger partial charge in [0.15, 0.2) is 5.78 Å². The van der Waals surface area contributed by atoms with E-state index in [0.29, 0.717) is 43.0 Å². The van der Waals surface area contributed by atoms with Crippen molar-refractivity contribution < 1.29 is 9.59 Å². The van der Waals surface area contributed by atoms with Crippen LogP contribution in [0.4, 0.5) is 16.2 Å². The summed E-state index contributed by atoms with van der Waals surface area (Å²) < 4.78 is 0. The number of urea groups is 1. The van der Waals surface area contributed by atoms with Crippen LogP contribution in [0.25, 0.3) is 0 Å². The number of amides is 2. The summed E-state index contributed by atoms with van der Waals surface area (Å²) in [5.41, 5.74) is 2.72. The van der Waals surface area contributed by atoms with E-state index in [1.807, 2.05) is 24.3 Å². The van der Waals surface area contributed by atoms with Gasteiger partial charge in [0, 0.05) is 37.4 Å². The molecule has 2 amide bonds. The number of rotatable bonds is 3. The van der Waals surface area contributed by atoms with E-state index in [9.17, 15) is 9.59 Å². The number of para-hydroxylation sites is 1. The van der Waals surface area contributed by atoms with Crippen molar-refractivity contribution in [1.82, 2.24) is 4.90 Å². The van der Waals surface area contributed by atoms with Gasteiger partial charge in [0.25, 0.3) is 0 Å². The molecule has 3 rings (SSSR count). The molecule has 0 aliphatic carbocycles. The van der Waals surface area contributed by atoms with Gasteiger partial charge in [-0.15, -0.1) is 0 Å². The Labute approximate surface area is 152 Å². The van der Waals surface area contributed by atoms with Crippen LogP contribution in [0, 0.1) is 11.3 Å². The van der Waals surface area contributed by atoms with E-state index < -0.39 is 0 Å². The highest BCUT2D eigenvalue weighted by Crippen LogP contribution is 2.19. The molecule has 1 fully saturated rings. The fourth-order valence-electron chi connectivity index (χ4n) is 2.96. The predicted octanol–water partition coefficient (Wildman–Crippen LogP) is 3.11. The van der Waals surface area contributed by atoms with Crippen molar-refractivity contribution in [2.45, 2.75) is 6.92 Å². The summed E-state index contributed by atoms with van der Waals surface area (Å²) in [7, 11) is 0. The van der Waals surface area contributed by atoms with Gasteiger partial charge in [0.1, 0.15) is 6.07 Å². The number of anilines is 2. The molecule has 0 radical (unpaired) electrons. The van der Waals surface area contributed by atoms with Gasteiger partial charge in [-0.1, -0.05) is 12.1 Å². The lowest BCUT2D eigenvalue weighted by atomic mass is 10.1. The molecule has 6 nitrogen and oxygen atoms in total. The van der Waals surface area contributed by atoms with Crippen molar-refractivity contribution in [3.63, 3.8) is 0 Å². The van der Waals surface area contributed by atoms with Gasteiger partial charge in [-0.3, -0.25) is 4.79 Å². The summed E-state index contributed by atoms with van der Waals surface area (Å²) in [4.78, 5) is 27.7. The third-order valence-corrected chi connectivity index (χ3v) is 4.49. The van der Waals surface area contributed by atoms with Crippen molar-refractivity contribution in [2.24, 2.45) is 0 Å². The number of nitriles is 1. The Morgan fingerprint density at radius 2 is 1.65 bits per heavy atom. The number of carbonyl (C=O) groups excluding carboxylic acids is 2. The molecule has 0 spiro atoms. The van der Waals surface area contributed by atoms with Crippen molar-refractivity contribution in [3.05, 3.63) is 59.7 Å². The normalized spacial score (nSPS) is 13.8. The molecule has 2 aromatic rings. The number of hydrogen-bond donors (Lipinski definition) is 1. The summed E-state index contributed by atoms with van der Waals surface area (Å²) in [5.74, 6) is 0.0516. The number of benzene rings is 2. The standard InChI is InChI=1S/C20H20N4O2/c1-15(25)16-6-8-18(9-7-16)23-10-12-24(13-11-23)20(26)22-19-5-3-2-4-17(19)14-21/h2-9H,10-13H2,1H3,(H,22,26). The minimum atomic E-state index is -0.195. The van der Waals surface area contributed by atoms with Crippen LogP contribution in [0.5, 0.6) is 0 Å². The average molecular weight is 348 g/mol. The van der Waals surface area contributed by atoms with Gasteiger partial charge < -0.3 is 15.1 Å². The highest BCUT2D eigenvalue weighted by atomic mass is 16.2. The molecule has 132 valence electrons. The molecule has 1 N–H and O–H groups in total. The van der Waals surface area contributed by atoms with E-state index in [-0.39, 0.29) is 11.8 Å². The molecule has 2 aromatic carbocycles. The molecule has 6 heteroatoms. The fraction of sp³-hybridized carbons (Fsp3) is 0.250. The highest BCUT2D eigenvalue weighted by molar-refractivity contribution is 5.94. The Balaban J connectivity index is 1.58. The first-order chi connectivity index (χ1) is 12.6. The maximum atomic E-state index is 12.4. The second kappa shape index (κ2) is 7.70. The fourth-order valence-corrected chi connectivity index (χ4v) is 2.96. The third kappa shape index (κ3) is 3.83. The minimum absolute atomic E-state index is 0.0516. The molecule has 0 unspecified atom stereocenters. The molecule has 0 aromatic heterocycles. The molecular weight excluding hydrogens is 328 g/mol. The van der Waals surface area contributed by atoms with Crippen molar-refractivity contribution >= 4 is 23.2 Å². The van der Waals surface area contributed by atoms with Gasteiger partial charge in [0.05, 0.1) is 11.3 Å². The molecule has 26 heavy (non-hydrogen) atoms. The van der Waals surface area contributed by atoms with Crippen LogP contribution in [-0.2, 0) is 0 Å². The van der Waals surface area contributed by atoms with E-state index >= 15 is 0 Å². The van der Waals surface area contributed by atoms with Crippen LogP contribution in [0.3, 0.4) is 0 Å². The molecule has 0 atom stereocenters. The average Bonchev–Trinajstić information content (AvgIpc) is 2.68. The number of piperazine rings is 1. The molecule has 0 saturated carbocycles. The quantitative estimate of drug-likeness (QED) is 0.865. The number of carbonyl (C=O) groups is 2. The van der Waals surface area contributed by atoms with Gasteiger partial charge in [-0.25, -0.2) is 4.79 Å². The maximum Gasteiger partial charge on any atom is 0.322 e. The van der Waals surface area contributed by atoms with E-state index in [1.165, 1.54) is 0 Å². The summed E-state index contributed by atoms with van der Waals surface area (Å²) in [5, 5.41) is 11.9. The first-order valence-corrected chi connectivity index (χ1v) is 8.49. The summed E-state index contributed by atoms with van der Waals surface area (Å²) in [6.45, 7) is 4.17. The zero-order valence-corrected chi connectivity index (χ0v) is 14.6. The molecule has 0 bridgehead atoms. The number of nitrogens with zero attached hydrogens (tertiary/aromatic N) is 3. The SMILES string of the molecule is CC(=O)c1ccc(N2CCN(C(=O)Nc3ccccc3C#N)CC2)cc1. The van der Waals surface area contributed by atoms with Crippen LogP contribution in [-0.4, -0.2) is 42.9 Å². The topological polar surface area (TPSA) is 76.4 Å². The van der Waals surface area contributed by atoms with E-state index in [1.54, 1.807) is 36.1 Å². The van der Waals surface area contributed by atoms with E-state index in [2.05, 4.69) is 16.3 Å². The Hall–Kier alpha value is -3.33. The Kier molecular flexibility index (Phi) is 5.18. The van der Waals surface area contributed by atoms with Crippen LogP contribution in [0.1, 0.15) is 22.8 Å². The molecule has 1 heterocycles. The smallest absolute Gasteiger partial charge is 0.322 e. The van der Waals surface area contributed by atoms with Crippen LogP contribution >= 0.6 is 0 Å². The summed E-state index contributed by atoms with van der Waals surface area (Å²) >= 11 is 0. The van der Waals surface area contributed by atoms with Crippen molar-refractivity contribution in [1.29, 1.82) is 5.26 Å². The van der Waals surface area contributed by atoms with Gasteiger partial charge >= 0.3 is 6.03 Å². The second-order valence-electron chi connectivity index (χ2n) is 6.16. The number of hydrogen-bond acceptors (Lipinski definition) is 4. The van der Waals surface area contributed by atoms with Gasteiger partial charge in [-0.05, 0) is 43.3 Å². The van der Waals surface area contributed by atoms with Crippen molar-refractivity contribution in [3.8, 4) is 6.07 Å². The van der Waals surface area contributed by atoms with E-state index in [0.717, 1.165) is 5.69 Å². The minimum Gasteiger partial charge on any atom is -0.368 e. The monoisotopic (exact) mass is 348 g/mol. The zero-order valence-electron chi connectivity index (χ0n) is 14.6. The third-order valence-electron chi connectivity index (χ3n) is 4.49. The van der Waals surface area contributed by atoms with Gasteiger partial charge in [-0.2, -0.15) is 5.26 Å². The maximum absolute atomic E-state index is 12.4. The predicted molar refractivity (Wildman–Crippen MR) is 100 cm³/mol. The lowest BCUT2D eigenvalue weighted by Gasteiger charge is -2.36. The number of Topliss-reactive ketones (excluding diaryl/α,β-unsaturated/α-hetero) is 1. The number of nitrogens with one attached hydrogen (secondary N) is 1. The molecular formula is C20H20N4O2. The summed E-state index contributed by atoms with van der Waals surface area (Å²) in [6, 6.07) is 16.4.